The van der Waals surface area contributed by atoms with Crippen LogP contribution in [-0.2, 0) is 6.54 Å². The first-order valence-corrected chi connectivity index (χ1v) is 7.59. The van der Waals surface area contributed by atoms with E-state index in [0.29, 0.717) is 13.1 Å². The Bertz CT molecular complexity index is 642. The monoisotopic (exact) mass is 372 g/mol. The lowest BCUT2D eigenvalue weighted by Gasteiger charge is -2.10. The minimum Gasteiger partial charge on any atom is -0.352 e. The van der Waals surface area contributed by atoms with E-state index in [9.17, 15) is 4.79 Å². The Morgan fingerprint density at radius 3 is 2.62 bits per heavy atom. The lowest BCUT2D eigenvalue weighted by Crippen LogP contribution is -2.29. The van der Waals surface area contributed by atoms with Crippen molar-refractivity contribution >= 4 is 30.7 Å². The minimum absolute atomic E-state index is 0. The Labute approximate surface area is 155 Å². The van der Waals surface area contributed by atoms with Gasteiger partial charge in [-0.25, -0.2) is 0 Å². The molecule has 1 unspecified atom stereocenters. The number of hydrogen-bond acceptors (Lipinski definition) is 3. The van der Waals surface area contributed by atoms with Crippen molar-refractivity contribution in [1.29, 1.82) is 0 Å². The van der Waals surface area contributed by atoms with Gasteiger partial charge >= 0.3 is 0 Å². The van der Waals surface area contributed by atoms with Gasteiger partial charge in [0.2, 0.25) is 0 Å². The fourth-order valence-electron chi connectivity index (χ4n) is 2.44. The summed E-state index contributed by atoms with van der Waals surface area (Å²) in [5.41, 5.74) is 9.42. The number of amides is 1. The number of pyridine rings is 1. The fourth-order valence-corrected chi connectivity index (χ4v) is 2.44. The number of nitrogens with zero attached hydrogens (tertiary/aromatic N) is 2. The van der Waals surface area contributed by atoms with Crippen LogP contribution < -0.4 is 11.1 Å². The number of hydrogen-bond donors (Lipinski definition) is 2. The van der Waals surface area contributed by atoms with Crippen LogP contribution in [0.1, 0.15) is 40.8 Å². The predicted molar refractivity (Wildman–Crippen MR) is 102 cm³/mol. The van der Waals surface area contributed by atoms with E-state index in [1.54, 1.807) is 6.20 Å². The first-order valence-electron chi connectivity index (χ1n) is 7.59. The summed E-state index contributed by atoms with van der Waals surface area (Å²) in [6.07, 6.45) is 2.56. The highest BCUT2D eigenvalue weighted by Gasteiger charge is 2.15. The van der Waals surface area contributed by atoms with Crippen molar-refractivity contribution in [3.63, 3.8) is 0 Å². The van der Waals surface area contributed by atoms with Gasteiger partial charge in [-0.1, -0.05) is 6.07 Å². The van der Waals surface area contributed by atoms with E-state index in [1.165, 1.54) is 0 Å². The van der Waals surface area contributed by atoms with Crippen molar-refractivity contribution in [2.75, 3.05) is 6.54 Å². The average molecular weight is 373 g/mol. The molecule has 2 heterocycles. The quantitative estimate of drug-likeness (QED) is 0.818. The first-order chi connectivity index (χ1) is 10.5. The zero-order valence-corrected chi connectivity index (χ0v) is 15.9. The van der Waals surface area contributed by atoms with E-state index in [1.807, 2.05) is 45.0 Å². The van der Waals surface area contributed by atoms with Crippen LogP contribution in [0.25, 0.3) is 0 Å². The zero-order chi connectivity index (χ0) is 16.1. The molecule has 2 aromatic heterocycles. The summed E-state index contributed by atoms with van der Waals surface area (Å²) in [5, 5.41) is 2.93. The van der Waals surface area contributed by atoms with E-state index < -0.39 is 0 Å². The molecule has 7 heteroatoms. The van der Waals surface area contributed by atoms with Crippen molar-refractivity contribution in [2.45, 2.75) is 39.8 Å². The van der Waals surface area contributed by atoms with Gasteiger partial charge in [-0.3, -0.25) is 9.78 Å². The second-order valence-corrected chi connectivity index (χ2v) is 5.71. The molecule has 5 nitrogen and oxygen atoms in total. The van der Waals surface area contributed by atoms with E-state index in [2.05, 4.69) is 14.9 Å². The molecule has 2 rings (SSSR count). The van der Waals surface area contributed by atoms with Crippen LogP contribution in [0.3, 0.4) is 0 Å². The van der Waals surface area contributed by atoms with Gasteiger partial charge < -0.3 is 15.6 Å². The molecule has 0 aromatic carbocycles. The molecule has 0 radical (unpaired) electrons. The van der Waals surface area contributed by atoms with Crippen molar-refractivity contribution in [3.8, 4) is 0 Å². The zero-order valence-electron chi connectivity index (χ0n) is 14.3. The maximum atomic E-state index is 12.3. The maximum absolute atomic E-state index is 12.3. The standard InChI is InChI=1S/C17H24N4O.2ClH/c1-12(18)7-9-20-17(22)16-10-13(2)21(14(16)3)11-15-6-4-5-8-19-15;;/h4-6,8,10,12H,7,9,11,18H2,1-3H3,(H,20,22);2*1H. The summed E-state index contributed by atoms with van der Waals surface area (Å²) >= 11 is 0. The van der Waals surface area contributed by atoms with Crippen molar-refractivity contribution < 1.29 is 4.79 Å². The second kappa shape index (κ2) is 10.3. The molecular weight excluding hydrogens is 347 g/mol. The van der Waals surface area contributed by atoms with Crippen molar-refractivity contribution in [2.24, 2.45) is 5.73 Å². The highest BCUT2D eigenvalue weighted by Crippen LogP contribution is 2.16. The molecule has 0 aliphatic carbocycles. The molecule has 0 aliphatic heterocycles. The Morgan fingerprint density at radius 2 is 2.04 bits per heavy atom. The number of aromatic nitrogens is 2. The van der Waals surface area contributed by atoms with Gasteiger partial charge in [0.1, 0.15) is 0 Å². The molecule has 3 N–H and O–H groups in total. The maximum Gasteiger partial charge on any atom is 0.253 e. The molecule has 0 aliphatic rings. The third-order valence-corrected chi connectivity index (χ3v) is 3.75. The van der Waals surface area contributed by atoms with Crippen LogP contribution >= 0.6 is 24.8 Å². The molecule has 0 bridgehead atoms. The molecule has 0 spiro atoms. The predicted octanol–water partition coefficient (Wildman–Crippen LogP) is 2.86. The molecule has 0 saturated carbocycles. The molecular formula is C17H26Cl2N4O. The van der Waals surface area contributed by atoms with E-state index >= 15 is 0 Å². The third-order valence-electron chi connectivity index (χ3n) is 3.75. The normalized spacial score (nSPS) is 11.2. The lowest BCUT2D eigenvalue weighted by atomic mass is 10.2. The van der Waals surface area contributed by atoms with Crippen molar-refractivity contribution in [3.05, 3.63) is 53.1 Å². The Kier molecular flexibility index (Phi) is 9.66. The van der Waals surface area contributed by atoms with Crippen molar-refractivity contribution in [1.82, 2.24) is 14.9 Å². The van der Waals surface area contributed by atoms with Gasteiger partial charge in [0.25, 0.3) is 5.91 Å². The van der Waals surface area contributed by atoms with Gasteiger partial charge in [-0.2, -0.15) is 0 Å². The molecule has 134 valence electrons. The Balaban J connectivity index is 0.00000264. The lowest BCUT2D eigenvalue weighted by molar-refractivity contribution is 0.0952. The van der Waals surface area contributed by atoms with Crippen LogP contribution in [0.5, 0.6) is 0 Å². The molecule has 0 fully saturated rings. The summed E-state index contributed by atoms with van der Waals surface area (Å²) in [4.78, 5) is 16.6. The number of aryl methyl sites for hydroxylation is 1. The summed E-state index contributed by atoms with van der Waals surface area (Å²) < 4.78 is 2.11. The number of carbonyl (C=O) groups excluding carboxylic acids is 1. The SMILES string of the molecule is Cc1cc(C(=O)NCCC(C)N)c(C)n1Cc1ccccn1.Cl.Cl. The highest BCUT2D eigenvalue weighted by molar-refractivity contribution is 5.95. The first kappa shape index (κ1) is 22.4. The summed E-state index contributed by atoms with van der Waals surface area (Å²) in [7, 11) is 0. The molecule has 1 amide bonds. The molecule has 2 aromatic rings. The summed E-state index contributed by atoms with van der Waals surface area (Å²) in [5.74, 6) is -0.0407. The van der Waals surface area contributed by atoms with Crippen LogP contribution in [0.2, 0.25) is 0 Å². The van der Waals surface area contributed by atoms with Gasteiger partial charge in [-0.15, -0.1) is 24.8 Å². The molecule has 1 atom stereocenters. The van der Waals surface area contributed by atoms with Gasteiger partial charge in [0.05, 0.1) is 17.8 Å². The van der Waals surface area contributed by atoms with E-state index in [4.69, 9.17) is 5.73 Å². The topological polar surface area (TPSA) is 72.9 Å². The number of nitrogens with one attached hydrogen (secondary N) is 1. The highest BCUT2D eigenvalue weighted by atomic mass is 35.5. The van der Waals surface area contributed by atoms with Gasteiger partial charge in [0, 0.05) is 30.2 Å². The number of nitrogens with two attached hydrogens (primary N) is 1. The summed E-state index contributed by atoms with van der Waals surface area (Å²) in [6.45, 7) is 7.18. The number of carbonyl (C=O) groups is 1. The van der Waals surface area contributed by atoms with Gasteiger partial charge in [0.15, 0.2) is 0 Å². The van der Waals surface area contributed by atoms with E-state index in [-0.39, 0.29) is 36.8 Å². The Morgan fingerprint density at radius 1 is 1.33 bits per heavy atom. The van der Waals surface area contributed by atoms with Crippen LogP contribution in [0, 0.1) is 13.8 Å². The largest absolute Gasteiger partial charge is 0.352 e. The average Bonchev–Trinajstić information content (AvgIpc) is 2.76. The Hall–Kier alpha value is -1.56. The molecule has 0 saturated heterocycles. The number of halogens is 2. The fraction of sp³-hybridized carbons (Fsp3) is 0.412. The molecule has 24 heavy (non-hydrogen) atoms. The summed E-state index contributed by atoms with van der Waals surface area (Å²) in [6, 6.07) is 7.88. The van der Waals surface area contributed by atoms with Crippen LogP contribution in [-0.4, -0.2) is 28.0 Å². The van der Waals surface area contributed by atoms with E-state index in [0.717, 1.165) is 29.1 Å². The minimum atomic E-state index is -0.0407. The van der Waals surface area contributed by atoms with Crippen LogP contribution in [0.4, 0.5) is 0 Å². The van der Waals surface area contributed by atoms with Crippen LogP contribution in [0.15, 0.2) is 30.5 Å². The third kappa shape index (κ3) is 5.82. The number of rotatable bonds is 6. The second-order valence-electron chi connectivity index (χ2n) is 5.71. The smallest absolute Gasteiger partial charge is 0.253 e. The van der Waals surface area contributed by atoms with Gasteiger partial charge in [-0.05, 0) is 45.4 Å².